The molecule has 11 heteroatoms. The number of carbonyl (C=O) groups excluding carboxylic acids is 4. The van der Waals surface area contributed by atoms with Crippen LogP contribution in [0.3, 0.4) is 0 Å². The molecule has 0 radical (unpaired) electrons. The summed E-state index contributed by atoms with van der Waals surface area (Å²) in [6.07, 6.45) is 5.10. The van der Waals surface area contributed by atoms with Crippen molar-refractivity contribution in [1.82, 2.24) is 0 Å². The highest BCUT2D eigenvalue weighted by Crippen LogP contribution is 2.30. The highest BCUT2D eigenvalue weighted by molar-refractivity contribution is 6.10. The number of carboxylic acid groups (broad SMARTS) is 1. The maximum atomic E-state index is 12.3. The van der Waals surface area contributed by atoms with Crippen LogP contribution in [0.5, 0.6) is 23.0 Å². The summed E-state index contributed by atoms with van der Waals surface area (Å²) in [7, 11) is 2.79. The number of carbonyl (C=O) groups is 5. The van der Waals surface area contributed by atoms with Crippen molar-refractivity contribution in [2.24, 2.45) is 5.73 Å². The Morgan fingerprint density at radius 1 is 0.744 bits per heavy atom. The number of allylic oxidation sites excluding steroid dienone is 2. The number of benzene rings is 2. The van der Waals surface area contributed by atoms with Crippen molar-refractivity contribution in [3.63, 3.8) is 0 Å². The smallest absolute Gasteiger partial charge is 0.325 e. The molecule has 0 heterocycles. The van der Waals surface area contributed by atoms with Gasteiger partial charge in [-0.3, -0.25) is 24.0 Å². The second kappa shape index (κ2) is 15.5. The quantitative estimate of drug-likeness (QED) is 0.148. The first-order valence-corrected chi connectivity index (χ1v) is 11.8. The molecule has 0 unspecified atom stereocenters. The molecule has 0 saturated heterocycles. The Labute approximate surface area is 224 Å². The summed E-state index contributed by atoms with van der Waals surface area (Å²) in [5, 5.41) is 8.65. The van der Waals surface area contributed by atoms with Crippen molar-refractivity contribution >= 4 is 41.6 Å². The molecule has 0 aliphatic heterocycles. The third-order valence-corrected chi connectivity index (χ3v) is 5.03. The van der Waals surface area contributed by atoms with Gasteiger partial charge in [0.15, 0.2) is 34.6 Å². The Morgan fingerprint density at radius 2 is 1.23 bits per heavy atom. The van der Waals surface area contributed by atoms with Crippen LogP contribution in [0, 0.1) is 0 Å². The second-order valence-corrected chi connectivity index (χ2v) is 8.00. The standard InChI is InChI=1S/C28H29NO10/c1-36-24-14-18(8-12-22(24)38-27(34)5-3-4-26(32)33)6-10-20(30)16-21(31)11-7-19-9-13-23(25(15-19)37-2)39-28(35)17-29/h6-15H,3-5,16-17,29H2,1-2H3,(H,32,33)/b10-6+,11-7+. The van der Waals surface area contributed by atoms with Crippen LogP contribution < -0.4 is 24.7 Å². The molecule has 0 aromatic heterocycles. The van der Waals surface area contributed by atoms with Crippen LogP contribution in [0.2, 0.25) is 0 Å². The van der Waals surface area contributed by atoms with Crippen LogP contribution in [0.25, 0.3) is 12.2 Å². The van der Waals surface area contributed by atoms with Gasteiger partial charge < -0.3 is 29.8 Å². The molecule has 0 spiro atoms. The van der Waals surface area contributed by atoms with Gasteiger partial charge in [0.05, 0.1) is 27.2 Å². The number of hydrogen-bond donors (Lipinski definition) is 2. The van der Waals surface area contributed by atoms with Gasteiger partial charge in [0.2, 0.25) is 0 Å². The molecule has 2 rings (SSSR count). The number of hydrogen-bond acceptors (Lipinski definition) is 10. The molecule has 2 aromatic carbocycles. The van der Waals surface area contributed by atoms with E-state index in [0.29, 0.717) is 11.1 Å². The van der Waals surface area contributed by atoms with Crippen LogP contribution in [-0.4, -0.2) is 55.3 Å². The van der Waals surface area contributed by atoms with Crippen molar-refractivity contribution in [2.45, 2.75) is 25.7 Å². The average molecular weight is 540 g/mol. The molecule has 0 atom stereocenters. The Hall–Kier alpha value is -4.77. The zero-order valence-corrected chi connectivity index (χ0v) is 21.5. The number of aliphatic carboxylic acids is 1. The largest absolute Gasteiger partial charge is 0.493 e. The highest BCUT2D eigenvalue weighted by Gasteiger charge is 2.12. The van der Waals surface area contributed by atoms with Gasteiger partial charge in [-0.2, -0.15) is 0 Å². The van der Waals surface area contributed by atoms with E-state index < -0.39 is 29.5 Å². The molecule has 11 nitrogen and oxygen atoms in total. The van der Waals surface area contributed by atoms with Gasteiger partial charge in [0.1, 0.15) is 0 Å². The molecular formula is C28H29NO10. The van der Waals surface area contributed by atoms with E-state index in [4.69, 9.17) is 29.8 Å². The summed E-state index contributed by atoms with van der Waals surface area (Å²) < 4.78 is 20.7. The normalized spacial score (nSPS) is 10.8. The summed E-state index contributed by atoms with van der Waals surface area (Å²) >= 11 is 0. The number of carboxylic acids is 1. The Morgan fingerprint density at radius 3 is 1.67 bits per heavy atom. The first kappa shape index (κ1) is 30.5. The summed E-state index contributed by atoms with van der Waals surface area (Å²) in [6.45, 7) is -0.284. The SMILES string of the molecule is COc1cc(/C=C/C(=O)CC(=O)/C=C/c2ccc(OC(=O)CCCC(=O)O)c(OC)c2)ccc1OC(=O)CN. The van der Waals surface area contributed by atoms with E-state index in [-0.39, 0.29) is 55.2 Å². The average Bonchev–Trinajstić information content (AvgIpc) is 2.91. The van der Waals surface area contributed by atoms with E-state index in [9.17, 15) is 24.0 Å². The van der Waals surface area contributed by atoms with E-state index in [1.54, 1.807) is 24.3 Å². The van der Waals surface area contributed by atoms with Crippen LogP contribution in [0.15, 0.2) is 48.6 Å². The second-order valence-electron chi connectivity index (χ2n) is 8.00. The van der Waals surface area contributed by atoms with Gasteiger partial charge in [0, 0.05) is 12.8 Å². The summed E-state index contributed by atoms with van der Waals surface area (Å²) in [6, 6.07) is 9.31. The Balaban J connectivity index is 1.95. The van der Waals surface area contributed by atoms with Crippen LogP contribution in [0.4, 0.5) is 0 Å². The molecule has 3 N–H and O–H groups in total. The summed E-state index contributed by atoms with van der Waals surface area (Å²) in [5.74, 6) is -2.20. The Kier molecular flexibility index (Phi) is 12.1. The maximum Gasteiger partial charge on any atom is 0.325 e. The molecule has 2 aromatic rings. The highest BCUT2D eigenvalue weighted by atomic mass is 16.6. The van der Waals surface area contributed by atoms with Gasteiger partial charge in [-0.05, 0) is 54.0 Å². The predicted octanol–water partition coefficient (Wildman–Crippen LogP) is 2.98. The van der Waals surface area contributed by atoms with Crippen molar-refractivity contribution in [1.29, 1.82) is 0 Å². The molecule has 39 heavy (non-hydrogen) atoms. The fourth-order valence-corrected chi connectivity index (χ4v) is 3.13. The lowest BCUT2D eigenvalue weighted by Gasteiger charge is -2.09. The molecule has 0 fully saturated rings. The van der Waals surface area contributed by atoms with E-state index >= 15 is 0 Å². The van der Waals surface area contributed by atoms with Crippen molar-refractivity contribution in [3.05, 3.63) is 59.7 Å². The topological polar surface area (TPSA) is 169 Å². The van der Waals surface area contributed by atoms with Crippen molar-refractivity contribution in [3.8, 4) is 23.0 Å². The lowest BCUT2D eigenvalue weighted by Crippen LogP contribution is -2.19. The van der Waals surface area contributed by atoms with E-state index in [1.165, 1.54) is 50.7 Å². The number of nitrogens with two attached hydrogens (primary N) is 1. The number of ketones is 2. The Bertz CT molecular complexity index is 1280. The summed E-state index contributed by atoms with van der Waals surface area (Å²) in [5.41, 5.74) is 6.39. The van der Waals surface area contributed by atoms with Gasteiger partial charge in [-0.15, -0.1) is 0 Å². The van der Waals surface area contributed by atoms with Gasteiger partial charge in [-0.25, -0.2) is 0 Å². The minimum Gasteiger partial charge on any atom is -0.493 e. The molecule has 0 saturated carbocycles. The van der Waals surface area contributed by atoms with Crippen LogP contribution in [0.1, 0.15) is 36.8 Å². The molecular weight excluding hydrogens is 510 g/mol. The number of esters is 2. The van der Waals surface area contributed by atoms with Gasteiger partial charge >= 0.3 is 17.9 Å². The molecule has 206 valence electrons. The zero-order chi connectivity index (χ0) is 28.8. The molecule has 0 aliphatic rings. The lowest BCUT2D eigenvalue weighted by atomic mass is 10.1. The number of ether oxygens (including phenoxy) is 4. The maximum absolute atomic E-state index is 12.3. The van der Waals surface area contributed by atoms with E-state index in [2.05, 4.69) is 0 Å². The fraction of sp³-hybridized carbons (Fsp3) is 0.250. The van der Waals surface area contributed by atoms with Crippen molar-refractivity contribution < 1.29 is 48.0 Å². The predicted molar refractivity (Wildman–Crippen MR) is 140 cm³/mol. The first-order chi connectivity index (χ1) is 18.6. The van der Waals surface area contributed by atoms with Gasteiger partial charge in [-0.1, -0.05) is 24.3 Å². The third kappa shape index (κ3) is 10.6. The molecule has 0 aliphatic carbocycles. The monoisotopic (exact) mass is 539 g/mol. The first-order valence-electron chi connectivity index (χ1n) is 11.8. The minimum absolute atomic E-state index is 0.0584. The lowest BCUT2D eigenvalue weighted by molar-refractivity contribution is -0.138. The van der Waals surface area contributed by atoms with Crippen LogP contribution >= 0.6 is 0 Å². The number of rotatable bonds is 15. The molecule has 0 bridgehead atoms. The molecule has 0 amide bonds. The van der Waals surface area contributed by atoms with Crippen molar-refractivity contribution in [2.75, 3.05) is 20.8 Å². The third-order valence-electron chi connectivity index (χ3n) is 5.03. The van der Waals surface area contributed by atoms with E-state index in [1.807, 2.05) is 0 Å². The minimum atomic E-state index is -0.997. The van der Waals surface area contributed by atoms with E-state index in [0.717, 1.165) is 0 Å². The fourth-order valence-electron chi connectivity index (χ4n) is 3.13. The number of methoxy groups -OCH3 is 2. The summed E-state index contributed by atoms with van der Waals surface area (Å²) in [4.78, 5) is 58.4. The zero-order valence-electron chi connectivity index (χ0n) is 21.5. The van der Waals surface area contributed by atoms with Gasteiger partial charge in [0.25, 0.3) is 0 Å². The van der Waals surface area contributed by atoms with Crippen LogP contribution in [-0.2, 0) is 24.0 Å².